The number of benzene rings is 1. The van der Waals surface area contributed by atoms with E-state index in [0.717, 1.165) is 22.2 Å². The molecule has 0 aliphatic rings. The molecule has 0 saturated heterocycles. The Labute approximate surface area is 98.4 Å². The lowest BCUT2D eigenvalue weighted by Crippen LogP contribution is -2.30. The number of hydrogen-bond donors (Lipinski definition) is 0. The van der Waals surface area contributed by atoms with Crippen LogP contribution in [0.3, 0.4) is 0 Å². The molecule has 2 nitrogen and oxygen atoms in total. The summed E-state index contributed by atoms with van der Waals surface area (Å²) in [7, 11) is 0. The van der Waals surface area contributed by atoms with Crippen molar-refractivity contribution in [2.45, 2.75) is 13.8 Å². The molecule has 0 radical (unpaired) electrons. The van der Waals surface area contributed by atoms with E-state index in [4.69, 9.17) is 0 Å². The van der Waals surface area contributed by atoms with Gasteiger partial charge in [-0.1, -0.05) is 0 Å². The first-order valence-electron chi connectivity index (χ1n) is 4.73. The molecule has 1 amide bonds. The molecule has 14 heavy (non-hydrogen) atoms. The molecule has 0 heterocycles. The average Bonchev–Trinajstić information content (AvgIpc) is 2.20. The average molecular weight is 303 g/mol. The molecule has 0 aromatic heterocycles. The van der Waals surface area contributed by atoms with Crippen LogP contribution in [0.4, 0.5) is 0 Å². The molecule has 0 bridgehead atoms. The number of nitrogens with zero attached hydrogens (tertiary/aromatic N) is 1. The zero-order valence-electron chi connectivity index (χ0n) is 8.46. The maximum absolute atomic E-state index is 11.8. The Balaban J connectivity index is 2.83. The van der Waals surface area contributed by atoms with Crippen LogP contribution in [0.1, 0.15) is 24.2 Å². The third-order valence-electron chi connectivity index (χ3n) is 2.14. The molecule has 76 valence electrons. The summed E-state index contributed by atoms with van der Waals surface area (Å²) in [5.41, 5.74) is 0.772. The van der Waals surface area contributed by atoms with Gasteiger partial charge in [0.1, 0.15) is 0 Å². The fourth-order valence-corrected chi connectivity index (χ4v) is 1.65. The summed E-state index contributed by atoms with van der Waals surface area (Å²) in [6.07, 6.45) is 0. The summed E-state index contributed by atoms with van der Waals surface area (Å²) in [6, 6.07) is 7.67. The molecule has 0 unspecified atom stereocenters. The number of carbonyl (C=O) groups excluding carboxylic acids is 1. The van der Waals surface area contributed by atoms with Crippen LogP contribution in [0.5, 0.6) is 0 Å². The third kappa shape index (κ3) is 2.70. The quantitative estimate of drug-likeness (QED) is 0.786. The monoisotopic (exact) mass is 303 g/mol. The highest BCUT2D eigenvalue weighted by Crippen LogP contribution is 2.09. The van der Waals surface area contributed by atoms with E-state index in [9.17, 15) is 4.79 Å². The Morgan fingerprint density at radius 3 is 2.14 bits per heavy atom. The molecule has 3 heteroatoms. The van der Waals surface area contributed by atoms with Crippen LogP contribution in [0.2, 0.25) is 0 Å². The first-order chi connectivity index (χ1) is 6.69. The Morgan fingerprint density at radius 2 is 1.71 bits per heavy atom. The molecule has 0 N–H and O–H groups in total. The standard InChI is InChI=1S/C11H14INO/c1-3-13(4-2)11(14)9-5-7-10(12)8-6-9/h5-8H,3-4H2,1-2H3. The lowest BCUT2D eigenvalue weighted by Gasteiger charge is -2.18. The van der Waals surface area contributed by atoms with Gasteiger partial charge in [-0.3, -0.25) is 4.79 Å². The zero-order chi connectivity index (χ0) is 10.6. The van der Waals surface area contributed by atoms with E-state index < -0.39 is 0 Å². The molecule has 1 aromatic carbocycles. The van der Waals surface area contributed by atoms with Gasteiger partial charge in [0, 0.05) is 22.2 Å². The Morgan fingerprint density at radius 1 is 1.21 bits per heavy atom. The van der Waals surface area contributed by atoms with Gasteiger partial charge in [0.15, 0.2) is 0 Å². The minimum Gasteiger partial charge on any atom is -0.339 e. The normalized spacial score (nSPS) is 9.93. The zero-order valence-corrected chi connectivity index (χ0v) is 10.6. The third-order valence-corrected chi connectivity index (χ3v) is 2.86. The summed E-state index contributed by atoms with van der Waals surface area (Å²) in [4.78, 5) is 13.7. The maximum atomic E-state index is 11.8. The van der Waals surface area contributed by atoms with Crippen LogP contribution < -0.4 is 0 Å². The van der Waals surface area contributed by atoms with Gasteiger partial charge in [0.25, 0.3) is 5.91 Å². The number of rotatable bonds is 3. The van der Waals surface area contributed by atoms with Crippen molar-refractivity contribution in [3.8, 4) is 0 Å². The summed E-state index contributed by atoms with van der Waals surface area (Å²) < 4.78 is 1.15. The van der Waals surface area contributed by atoms with Crippen molar-refractivity contribution in [2.24, 2.45) is 0 Å². The molecule has 0 spiro atoms. The van der Waals surface area contributed by atoms with Crippen LogP contribution in [-0.2, 0) is 0 Å². The minimum absolute atomic E-state index is 0.117. The second kappa shape index (κ2) is 5.34. The van der Waals surface area contributed by atoms with Crippen LogP contribution >= 0.6 is 22.6 Å². The second-order valence-corrected chi connectivity index (χ2v) is 4.23. The van der Waals surface area contributed by atoms with E-state index >= 15 is 0 Å². The first-order valence-corrected chi connectivity index (χ1v) is 5.81. The van der Waals surface area contributed by atoms with E-state index in [1.165, 1.54) is 0 Å². The largest absolute Gasteiger partial charge is 0.339 e. The van der Waals surface area contributed by atoms with Gasteiger partial charge in [0.2, 0.25) is 0 Å². The Hall–Kier alpha value is -0.580. The summed E-state index contributed by atoms with van der Waals surface area (Å²) in [5, 5.41) is 0. The highest BCUT2D eigenvalue weighted by atomic mass is 127. The molecular weight excluding hydrogens is 289 g/mol. The first kappa shape index (κ1) is 11.5. The van der Waals surface area contributed by atoms with Gasteiger partial charge in [0.05, 0.1) is 0 Å². The van der Waals surface area contributed by atoms with E-state index in [1.807, 2.05) is 43.0 Å². The van der Waals surface area contributed by atoms with Gasteiger partial charge >= 0.3 is 0 Å². The molecule has 0 aliphatic carbocycles. The van der Waals surface area contributed by atoms with Crippen LogP contribution in [0.15, 0.2) is 24.3 Å². The van der Waals surface area contributed by atoms with Crippen molar-refractivity contribution in [2.75, 3.05) is 13.1 Å². The van der Waals surface area contributed by atoms with Crippen LogP contribution in [-0.4, -0.2) is 23.9 Å². The van der Waals surface area contributed by atoms with Gasteiger partial charge < -0.3 is 4.90 Å². The van der Waals surface area contributed by atoms with E-state index in [2.05, 4.69) is 22.6 Å². The fourth-order valence-electron chi connectivity index (χ4n) is 1.29. The summed E-state index contributed by atoms with van der Waals surface area (Å²) in [6.45, 7) is 5.52. The molecule has 1 aromatic rings. The second-order valence-electron chi connectivity index (χ2n) is 2.98. The fraction of sp³-hybridized carbons (Fsp3) is 0.364. The van der Waals surface area contributed by atoms with Crippen molar-refractivity contribution < 1.29 is 4.79 Å². The number of amides is 1. The topological polar surface area (TPSA) is 20.3 Å². The van der Waals surface area contributed by atoms with E-state index in [0.29, 0.717) is 0 Å². The van der Waals surface area contributed by atoms with Crippen molar-refractivity contribution >= 4 is 28.5 Å². The van der Waals surface area contributed by atoms with Gasteiger partial charge in [-0.05, 0) is 60.7 Å². The Kier molecular flexibility index (Phi) is 4.38. The van der Waals surface area contributed by atoms with Crippen LogP contribution in [0.25, 0.3) is 0 Å². The van der Waals surface area contributed by atoms with Gasteiger partial charge in [-0.25, -0.2) is 0 Å². The summed E-state index contributed by atoms with van der Waals surface area (Å²) in [5.74, 6) is 0.117. The van der Waals surface area contributed by atoms with Gasteiger partial charge in [-0.2, -0.15) is 0 Å². The van der Waals surface area contributed by atoms with Crippen molar-refractivity contribution in [3.63, 3.8) is 0 Å². The lowest BCUT2D eigenvalue weighted by molar-refractivity contribution is 0.0773. The predicted octanol–water partition coefficient (Wildman–Crippen LogP) is 2.77. The van der Waals surface area contributed by atoms with Gasteiger partial charge in [-0.15, -0.1) is 0 Å². The Bertz CT molecular complexity index is 304. The molecular formula is C11H14INO. The van der Waals surface area contributed by atoms with E-state index in [1.54, 1.807) is 0 Å². The molecule has 0 aliphatic heterocycles. The van der Waals surface area contributed by atoms with E-state index in [-0.39, 0.29) is 5.91 Å². The molecule has 1 rings (SSSR count). The molecule has 0 atom stereocenters. The van der Waals surface area contributed by atoms with Crippen molar-refractivity contribution in [3.05, 3.63) is 33.4 Å². The molecule has 0 saturated carbocycles. The number of hydrogen-bond acceptors (Lipinski definition) is 1. The number of halogens is 1. The maximum Gasteiger partial charge on any atom is 0.253 e. The van der Waals surface area contributed by atoms with Crippen molar-refractivity contribution in [1.29, 1.82) is 0 Å². The lowest BCUT2D eigenvalue weighted by atomic mass is 10.2. The predicted molar refractivity (Wildman–Crippen MR) is 66.4 cm³/mol. The number of carbonyl (C=O) groups is 1. The highest BCUT2D eigenvalue weighted by molar-refractivity contribution is 14.1. The summed E-state index contributed by atoms with van der Waals surface area (Å²) >= 11 is 2.23. The highest BCUT2D eigenvalue weighted by Gasteiger charge is 2.11. The minimum atomic E-state index is 0.117. The van der Waals surface area contributed by atoms with Crippen molar-refractivity contribution in [1.82, 2.24) is 4.90 Å². The SMILES string of the molecule is CCN(CC)C(=O)c1ccc(I)cc1. The molecule has 0 fully saturated rings. The van der Waals surface area contributed by atoms with Crippen LogP contribution in [0, 0.1) is 3.57 Å². The smallest absolute Gasteiger partial charge is 0.253 e.